The summed E-state index contributed by atoms with van der Waals surface area (Å²) in [6.07, 6.45) is 1.13. The van der Waals surface area contributed by atoms with Gasteiger partial charge in [-0.3, -0.25) is 4.79 Å². The number of para-hydroxylation sites is 1. The lowest BCUT2D eigenvalue weighted by atomic mass is 10.1. The molecule has 2 aromatic carbocycles. The minimum Gasteiger partial charge on any atom is -0.463 e. The van der Waals surface area contributed by atoms with Gasteiger partial charge in [0.15, 0.2) is 0 Å². The van der Waals surface area contributed by atoms with Crippen LogP contribution in [0.3, 0.4) is 0 Å². The molecule has 0 spiro atoms. The molecule has 1 aliphatic rings. The van der Waals surface area contributed by atoms with E-state index in [2.05, 4.69) is 0 Å². The van der Waals surface area contributed by atoms with Crippen LogP contribution in [0.1, 0.15) is 18.1 Å². The Balaban J connectivity index is 2.03. The third kappa shape index (κ3) is 2.93. The van der Waals surface area contributed by atoms with E-state index in [1.807, 2.05) is 30.3 Å². The molecule has 0 bridgehead atoms. The Kier molecular flexibility index (Phi) is 4.42. The number of benzene rings is 2. The number of amides is 1. The highest BCUT2D eigenvalue weighted by atomic mass is 19.1. The van der Waals surface area contributed by atoms with Crippen LogP contribution in [0, 0.1) is 5.82 Å². The van der Waals surface area contributed by atoms with Gasteiger partial charge in [0.25, 0.3) is 5.91 Å². The van der Waals surface area contributed by atoms with Crippen molar-refractivity contribution in [3.8, 4) is 0 Å². The fourth-order valence-electron chi connectivity index (χ4n) is 2.73. The Labute approximate surface area is 139 Å². The summed E-state index contributed by atoms with van der Waals surface area (Å²) >= 11 is 0. The van der Waals surface area contributed by atoms with Crippen molar-refractivity contribution in [3.63, 3.8) is 0 Å². The maximum atomic E-state index is 14.3. The van der Waals surface area contributed by atoms with Crippen molar-refractivity contribution in [2.45, 2.75) is 13.5 Å². The Morgan fingerprint density at radius 2 is 1.92 bits per heavy atom. The molecule has 0 aliphatic carbocycles. The Morgan fingerprint density at radius 3 is 2.62 bits per heavy atom. The highest BCUT2D eigenvalue weighted by Gasteiger charge is 2.35. The third-order valence-electron chi connectivity index (χ3n) is 3.75. The molecule has 4 nitrogen and oxygen atoms in total. The summed E-state index contributed by atoms with van der Waals surface area (Å²) < 4.78 is 19.2. The van der Waals surface area contributed by atoms with E-state index in [4.69, 9.17) is 4.74 Å². The van der Waals surface area contributed by atoms with Crippen molar-refractivity contribution in [3.05, 3.63) is 71.6 Å². The van der Waals surface area contributed by atoms with Gasteiger partial charge in [0.05, 0.1) is 24.4 Å². The van der Waals surface area contributed by atoms with Crippen molar-refractivity contribution in [1.29, 1.82) is 0 Å². The van der Waals surface area contributed by atoms with E-state index in [0.29, 0.717) is 5.56 Å². The summed E-state index contributed by atoms with van der Waals surface area (Å²) in [5.74, 6) is -1.52. The van der Waals surface area contributed by atoms with E-state index in [9.17, 15) is 14.0 Å². The number of ether oxygens (including phenoxy) is 1. The van der Waals surface area contributed by atoms with E-state index in [0.717, 1.165) is 11.6 Å². The van der Waals surface area contributed by atoms with Gasteiger partial charge in [-0.2, -0.15) is 0 Å². The van der Waals surface area contributed by atoms with Crippen molar-refractivity contribution >= 4 is 23.1 Å². The second-order valence-corrected chi connectivity index (χ2v) is 5.32. The first kappa shape index (κ1) is 15.9. The highest BCUT2D eigenvalue weighted by molar-refractivity contribution is 6.34. The van der Waals surface area contributed by atoms with Crippen LogP contribution < -0.4 is 4.90 Å². The lowest BCUT2D eigenvalue weighted by molar-refractivity contribution is -0.137. The Morgan fingerprint density at radius 1 is 1.17 bits per heavy atom. The fraction of sp³-hybridized carbons (Fsp3) is 0.158. The number of fused-ring (bicyclic) bond motifs is 1. The van der Waals surface area contributed by atoms with E-state index < -0.39 is 17.7 Å². The number of halogens is 1. The summed E-state index contributed by atoms with van der Waals surface area (Å²) in [6, 6.07) is 13.8. The fourth-order valence-corrected chi connectivity index (χ4v) is 2.73. The van der Waals surface area contributed by atoms with Crippen molar-refractivity contribution in [1.82, 2.24) is 0 Å². The molecule has 0 N–H and O–H groups in total. The van der Waals surface area contributed by atoms with Gasteiger partial charge in [0.2, 0.25) is 0 Å². The molecule has 0 unspecified atom stereocenters. The molecule has 0 atom stereocenters. The van der Waals surface area contributed by atoms with Gasteiger partial charge in [0.1, 0.15) is 5.82 Å². The van der Waals surface area contributed by atoms with Crippen LogP contribution in [-0.2, 0) is 20.9 Å². The number of nitrogens with zero attached hydrogens (tertiary/aromatic N) is 1. The molecule has 0 saturated carbocycles. The number of carbonyl (C=O) groups excluding carboxylic acids is 2. The molecule has 1 amide bonds. The number of esters is 1. The monoisotopic (exact) mass is 325 g/mol. The molecule has 1 aliphatic heterocycles. The molecule has 122 valence electrons. The van der Waals surface area contributed by atoms with Gasteiger partial charge in [-0.05, 0) is 18.6 Å². The normalized spacial score (nSPS) is 14.8. The molecule has 5 heteroatoms. The van der Waals surface area contributed by atoms with Crippen LogP contribution in [0.5, 0.6) is 0 Å². The lowest BCUT2D eigenvalue weighted by Crippen LogP contribution is -2.26. The number of rotatable bonds is 4. The topological polar surface area (TPSA) is 46.6 Å². The average Bonchev–Trinajstić information content (AvgIpc) is 2.83. The molecule has 3 rings (SSSR count). The number of carbonyl (C=O) groups is 2. The minimum atomic E-state index is -0.613. The second kappa shape index (κ2) is 6.66. The first-order chi connectivity index (χ1) is 11.6. The summed E-state index contributed by atoms with van der Waals surface area (Å²) in [7, 11) is 0. The zero-order chi connectivity index (χ0) is 17.1. The summed E-state index contributed by atoms with van der Waals surface area (Å²) in [4.78, 5) is 25.8. The van der Waals surface area contributed by atoms with Gasteiger partial charge in [-0.25, -0.2) is 9.18 Å². The zero-order valence-corrected chi connectivity index (χ0v) is 13.2. The van der Waals surface area contributed by atoms with Gasteiger partial charge in [-0.1, -0.05) is 42.5 Å². The third-order valence-corrected chi connectivity index (χ3v) is 3.75. The van der Waals surface area contributed by atoms with Crippen molar-refractivity contribution in [2.24, 2.45) is 0 Å². The lowest BCUT2D eigenvalue weighted by Gasteiger charge is -2.17. The van der Waals surface area contributed by atoms with E-state index in [-0.39, 0.29) is 24.4 Å². The van der Waals surface area contributed by atoms with Crippen LogP contribution in [0.2, 0.25) is 0 Å². The Hall–Kier alpha value is -2.95. The summed E-state index contributed by atoms with van der Waals surface area (Å²) in [6.45, 7) is 2.12. The molecule has 0 fully saturated rings. The zero-order valence-electron chi connectivity index (χ0n) is 13.2. The molecule has 0 aromatic heterocycles. The molecular formula is C19H16FNO3. The molecule has 0 saturated heterocycles. The van der Waals surface area contributed by atoms with Crippen molar-refractivity contribution < 1.29 is 18.7 Å². The summed E-state index contributed by atoms with van der Waals surface area (Å²) in [5.41, 5.74) is 1.63. The smallest absolute Gasteiger partial charge is 0.331 e. The molecule has 24 heavy (non-hydrogen) atoms. The number of anilines is 1. The van der Waals surface area contributed by atoms with Crippen LogP contribution in [0.25, 0.3) is 5.57 Å². The predicted molar refractivity (Wildman–Crippen MR) is 88.6 cm³/mol. The Bertz CT molecular complexity index is 815. The van der Waals surface area contributed by atoms with Crippen LogP contribution in [0.15, 0.2) is 54.6 Å². The first-order valence-corrected chi connectivity index (χ1v) is 7.65. The molecule has 2 aromatic rings. The van der Waals surface area contributed by atoms with Crippen molar-refractivity contribution in [2.75, 3.05) is 11.5 Å². The van der Waals surface area contributed by atoms with E-state index in [1.165, 1.54) is 17.0 Å². The SMILES string of the molecule is CCOC(=O)C=C1C(=O)N(Cc2ccccc2)c2c(F)cccc21. The molecule has 0 radical (unpaired) electrons. The first-order valence-electron chi connectivity index (χ1n) is 7.65. The summed E-state index contributed by atoms with van der Waals surface area (Å²) in [5, 5.41) is 0. The molecule has 1 heterocycles. The molecular weight excluding hydrogens is 309 g/mol. The van der Waals surface area contributed by atoms with Gasteiger partial charge in [0, 0.05) is 11.6 Å². The average molecular weight is 325 g/mol. The van der Waals surface area contributed by atoms with Crippen LogP contribution in [-0.4, -0.2) is 18.5 Å². The van der Waals surface area contributed by atoms with E-state index in [1.54, 1.807) is 13.0 Å². The minimum absolute atomic E-state index is 0.152. The predicted octanol–water partition coefficient (Wildman–Crippen LogP) is 3.32. The maximum Gasteiger partial charge on any atom is 0.331 e. The number of hydrogen-bond donors (Lipinski definition) is 0. The van der Waals surface area contributed by atoms with Crippen LogP contribution in [0.4, 0.5) is 10.1 Å². The maximum absolute atomic E-state index is 14.3. The van der Waals surface area contributed by atoms with Gasteiger partial charge in [-0.15, -0.1) is 0 Å². The van der Waals surface area contributed by atoms with Crippen LogP contribution >= 0.6 is 0 Å². The highest BCUT2D eigenvalue weighted by Crippen LogP contribution is 2.39. The quantitative estimate of drug-likeness (QED) is 0.640. The van der Waals surface area contributed by atoms with Gasteiger partial charge < -0.3 is 9.64 Å². The standard InChI is InChI=1S/C19H16FNO3/c1-2-24-17(22)11-15-14-9-6-10-16(20)18(14)21(19(15)23)12-13-7-4-3-5-8-13/h3-11H,2,12H2,1H3. The van der Waals surface area contributed by atoms with Gasteiger partial charge >= 0.3 is 5.97 Å². The van der Waals surface area contributed by atoms with E-state index >= 15 is 0 Å². The number of hydrogen-bond acceptors (Lipinski definition) is 3. The second-order valence-electron chi connectivity index (χ2n) is 5.32. The largest absolute Gasteiger partial charge is 0.463 e.